The molecule has 7 N–H and O–H groups in total. The molecule has 5 nitrogen and oxygen atoms in total. The number of unbranched alkanes of at least 4 members (excludes halogenated alkanes) is 16. The van der Waals surface area contributed by atoms with E-state index in [2.05, 4.69) is 12.2 Å². The quantitative estimate of drug-likeness (QED) is 0.0672. The predicted molar refractivity (Wildman–Crippen MR) is 176 cm³/mol. The first-order chi connectivity index (χ1) is 17.1. The molecule has 0 aliphatic heterocycles. The van der Waals surface area contributed by atoms with Crippen molar-refractivity contribution in [3.63, 3.8) is 0 Å². The van der Waals surface area contributed by atoms with E-state index in [1.807, 2.05) is 0 Å². The third-order valence-corrected chi connectivity index (χ3v) is 7.49. The summed E-state index contributed by atoms with van der Waals surface area (Å²) in [6.45, 7) is 4.25. The number of nitrogens with one attached hydrogen (secondary N) is 1. The molecule has 0 aromatic heterocycles. The Balaban J connectivity index is -0.00000193. The van der Waals surface area contributed by atoms with Crippen molar-refractivity contribution in [2.45, 2.75) is 167 Å². The number of nitrogens with two attached hydrogens (primary N) is 3. The molecule has 0 heterocycles. The monoisotopic (exact) mass is 604 g/mol. The van der Waals surface area contributed by atoms with E-state index in [-0.39, 0.29) is 48.7 Å². The highest BCUT2D eigenvalue weighted by molar-refractivity contribution is 5.86. The fourth-order valence-corrected chi connectivity index (χ4v) is 5.25. The van der Waals surface area contributed by atoms with Crippen molar-refractivity contribution in [1.29, 1.82) is 0 Å². The molecule has 0 aliphatic carbocycles. The number of rotatable bonds is 28. The maximum Gasteiger partial charge on any atom is 0.220 e. The molecular weight excluding hydrogens is 539 g/mol. The fraction of sp³-hybridized carbons (Fsp3) is 0.967. The molecule has 0 unspecified atom stereocenters. The molecule has 0 rings (SSSR count). The first-order valence-corrected chi connectivity index (χ1v) is 15.6. The van der Waals surface area contributed by atoms with Crippen LogP contribution in [0.5, 0.6) is 0 Å². The van der Waals surface area contributed by atoms with Gasteiger partial charge >= 0.3 is 0 Å². The van der Waals surface area contributed by atoms with Gasteiger partial charge in [-0.05, 0) is 64.6 Å². The van der Waals surface area contributed by atoms with Crippen molar-refractivity contribution in [1.82, 2.24) is 5.32 Å². The van der Waals surface area contributed by atoms with Crippen molar-refractivity contribution in [2.24, 2.45) is 17.2 Å². The Kier molecular flexibility index (Phi) is 41.9. The Hall–Kier alpha value is 0.220. The Labute approximate surface area is 256 Å². The summed E-state index contributed by atoms with van der Waals surface area (Å²) in [6, 6.07) is 0. The number of amides is 1. The van der Waals surface area contributed by atoms with Gasteiger partial charge in [0.25, 0.3) is 0 Å². The minimum absolute atomic E-state index is 0. The molecule has 0 atom stereocenters. The van der Waals surface area contributed by atoms with Gasteiger partial charge in [-0.15, -0.1) is 37.2 Å². The third kappa shape index (κ3) is 29.2. The maximum atomic E-state index is 12.7. The first-order valence-electron chi connectivity index (χ1n) is 15.6. The largest absolute Gasteiger partial charge is 0.351 e. The van der Waals surface area contributed by atoms with Gasteiger partial charge in [0, 0.05) is 12.0 Å². The van der Waals surface area contributed by atoms with Crippen molar-refractivity contribution in [2.75, 3.05) is 19.6 Å². The second-order valence-corrected chi connectivity index (χ2v) is 10.9. The van der Waals surface area contributed by atoms with Gasteiger partial charge in [0.05, 0.1) is 0 Å². The lowest BCUT2D eigenvalue weighted by atomic mass is 9.83. The zero-order chi connectivity index (χ0) is 25.9. The number of carbonyl (C=O) groups is 1. The lowest BCUT2D eigenvalue weighted by Gasteiger charge is -2.35. The SMILES string of the molecule is CCCCCCCCCCCCCCCCCCCC(=O)NC(CCCN)(CCCN)CCCN.Cl.Cl.Cl. The number of hydrogen-bond donors (Lipinski definition) is 4. The molecule has 0 spiro atoms. The van der Waals surface area contributed by atoms with Crippen molar-refractivity contribution < 1.29 is 4.79 Å². The third-order valence-electron chi connectivity index (χ3n) is 7.49. The summed E-state index contributed by atoms with van der Waals surface area (Å²) in [4.78, 5) is 12.7. The molecule has 0 saturated heterocycles. The van der Waals surface area contributed by atoms with E-state index in [4.69, 9.17) is 17.2 Å². The second kappa shape index (κ2) is 35.2. The summed E-state index contributed by atoms with van der Waals surface area (Å²) in [6.07, 6.45) is 29.3. The van der Waals surface area contributed by atoms with Gasteiger partial charge in [0.15, 0.2) is 0 Å². The van der Waals surface area contributed by atoms with Gasteiger partial charge in [-0.3, -0.25) is 4.79 Å². The van der Waals surface area contributed by atoms with Crippen LogP contribution < -0.4 is 22.5 Å². The summed E-state index contributed by atoms with van der Waals surface area (Å²) >= 11 is 0. The highest BCUT2D eigenvalue weighted by Gasteiger charge is 2.29. The topological polar surface area (TPSA) is 107 Å². The molecule has 0 fully saturated rings. The van der Waals surface area contributed by atoms with Gasteiger partial charge in [0.1, 0.15) is 0 Å². The van der Waals surface area contributed by atoms with E-state index < -0.39 is 0 Å². The second-order valence-electron chi connectivity index (χ2n) is 10.9. The molecule has 0 aromatic rings. The molecule has 0 radical (unpaired) electrons. The Morgan fingerprint density at radius 3 is 1.08 bits per heavy atom. The van der Waals surface area contributed by atoms with Gasteiger partial charge < -0.3 is 22.5 Å². The lowest BCUT2D eigenvalue weighted by Crippen LogP contribution is -2.49. The highest BCUT2D eigenvalue weighted by Crippen LogP contribution is 2.25. The van der Waals surface area contributed by atoms with Crippen LogP contribution >= 0.6 is 37.2 Å². The van der Waals surface area contributed by atoms with E-state index in [9.17, 15) is 4.79 Å². The first kappa shape index (κ1) is 45.2. The lowest BCUT2D eigenvalue weighted by molar-refractivity contribution is -0.123. The van der Waals surface area contributed by atoms with E-state index in [0.717, 1.165) is 51.4 Å². The average Bonchev–Trinajstić information content (AvgIpc) is 2.86. The van der Waals surface area contributed by atoms with Crippen molar-refractivity contribution in [3.05, 3.63) is 0 Å². The molecule has 0 saturated carbocycles. The molecule has 1 amide bonds. The molecule has 234 valence electrons. The fourth-order valence-electron chi connectivity index (χ4n) is 5.25. The van der Waals surface area contributed by atoms with Gasteiger partial charge in [0.2, 0.25) is 5.91 Å². The van der Waals surface area contributed by atoms with Gasteiger partial charge in [-0.1, -0.05) is 110 Å². The molecule has 38 heavy (non-hydrogen) atoms. The molecular formula is C30H67Cl3N4O. The molecule has 0 aromatic carbocycles. The van der Waals surface area contributed by atoms with Crippen LogP contribution in [-0.4, -0.2) is 31.1 Å². The van der Waals surface area contributed by atoms with Crippen LogP contribution in [0.25, 0.3) is 0 Å². The number of carbonyl (C=O) groups excluding carboxylic acids is 1. The van der Waals surface area contributed by atoms with Crippen LogP contribution in [-0.2, 0) is 4.79 Å². The van der Waals surface area contributed by atoms with Gasteiger partial charge in [-0.25, -0.2) is 0 Å². The minimum Gasteiger partial charge on any atom is -0.351 e. The maximum absolute atomic E-state index is 12.7. The summed E-state index contributed by atoms with van der Waals surface area (Å²) in [5, 5.41) is 3.38. The minimum atomic E-state index is -0.177. The van der Waals surface area contributed by atoms with E-state index in [1.54, 1.807) is 0 Å². The zero-order valence-corrected chi connectivity index (χ0v) is 27.4. The summed E-state index contributed by atoms with van der Waals surface area (Å²) < 4.78 is 0. The molecule has 8 heteroatoms. The molecule has 0 aliphatic rings. The van der Waals surface area contributed by atoms with Gasteiger partial charge in [-0.2, -0.15) is 0 Å². The Morgan fingerprint density at radius 2 is 0.789 bits per heavy atom. The van der Waals surface area contributed by atoms with Crippen LogP contribution in [0.2, 0.25) is 0 Å². The smallest absolute Gasteiger partial charge is 0.220 e. The van der Waals surface area contributed by atoms with Crippen LogP contribution in [0, 0.1) is 0 Å². The van der Waals surface area contributed by atoms with Crippen molar-refractivity contribution in [3.8, 4) is 0 Å². The predicted octanol–water partition coefficient (Wildman–Crippen LogP) is 8.37. The van der Waals surface area contributed by atoms with E-state index in [1.165, 1.54) is 96.3 Å². The number of hydrogen-bond acceptors (Lipinski definition) is 4. The summed E-state index contributed by atoms with van der Waals surface area (Å²) in [5.74, 6) is 0.192. The Morgan fingerprint density at radius 1 is 0.500 bits per heavy atom. The molecule has 0 bridgehead atoms. The summed E-state index contributed by atoms with van der Waals surface area (Å²) in [7, 11) is 0. The highest BCUT2D eigenvalue weighted by atomic mass is 35.5. The number of halogens is 3. The zero-order valence-electron chi connectivity index (χ0n) is 25.0. The average molecular weight is 606 g/mol. The van der Waals surface area contributed by atoms with Crippen LogP contribution in [0.3, 0.4) is 0 Å². The van der Waals surface area contributed by atoms with Crippen LogP contribution in [0.4, 0.5) is 0 Å². The standard InChI is InChI=1S/C30H64N4O.3ClH/c1-2-3-4-5-6-7-8-9-10-11-12-13-14-15-16-17-18-22-29(35)34-30(23-19-26-31,24-20-27-32)25-21-28-33;;;/h2-28,31-33H2,1H3,(H,34,35);3*1H. The van der Waals surface area contributed by atoms with Crippen molar-refractivity contribution >= 4 is 43.1 Å². The van der Waals surface area contributed by atoms with Crippen LogP contribution in [0.15, 0.2) is 0 Å². The Bertz CT molecular complexity index is 437. The van der Waals surface area contributed by atoms with E-state index >= 15 is 0 Å². The normalized spacial score (nSPS) is 10.8. The summed E-state index contributed by atoms with van der Waals surface area (Å²) in [5.41, 5.74) is 17.1. The van der Waals surface area contributed by atoms with E-state index in [0.29, 0.717) is 26.1 Å². The van der Waals surface area contributed by atoms with Crippen LogP contribution in [0.1, 0.15) is 161 Å².